The molecule has 1 amide bonds. The van der Waals surface area contributed by atoms with Crippen LogP contribution in [0.2, 0.25) is 0 Å². The molecule has 20 heavy (non-hydrogen) atoms. The summed E-state index contributed by atoms with van der Waals surface area (Å²) in [6.45, 7) is 7.53. The van der Waals surface area contributed by atoms with Crippen LogP contribution in [-0.4, -0.2) is 39.5 Å². The maximum atomic E-state index is 12.0. The van der Waals surface area contributed by atoms with Crippen LogP contribution in [0.1, 0.15) is 45.3 Å². The van der Waals surface area contributed by atoms with Crippen molar-refractivity contribution < 1.29 is 9.53 Å². The lowest BCUT2D eigenvalue weighted by Gasteiger charge is -2.33. The number of piperidine rings is 1. The Morgan fingerprint density at radius 2 is 2.10 bits per heavy atom. The molecule has 1 aliphatic heterocycles. The number of carbonyl (C=O) groups is 1. The van der Waals surface area contributed by atoms with Crippen LogP contribution >= 0.6 is 0 Å². The second-order valence-electron chi connectivity index (χ2n) is 6.19. The van der Waals surface area contributed by atoms with Crippen molar-refractivity contribution >= 4 is 6.09 Å². The monoisotopic (exact) mass is 280 g/mol. The van der Waals surface area contributed by atoms with Gasteiger partial charge in [-0.05, 0) is 39.7 Å². The predicted octanol–water partition coefficient (Wildman–Crippen LogP) is 1.91. The Kier molecular flexibility index (Phi) is 4.32. The average Bonchev–Trinajstić information content (AvgIpc) is 2.85. The van der Waals surface area contributed by atoms with Gasteiger partial charge in [0.25, 0.3) is 0 Å². The van der Waals surface area contributed by atoms with Gasteiger partial charge in [-0.25, -0.2) is 4.79 Å². The summed E-state index contributed by atoms with van der Waals surface area (Å²) in [6, 6.07) is 2.29. The van der Waals surface area contributed by atoms with E-state index in [4.69, 9.17) is 10.5 Å². The number of hydrogen-bond acceptors (Lipinski definition) is 4. The van der Waals surface area contributed by atoms with Crippen molar-refractivity contribution in [2.24, 2.45) is 5.73 Å². The van der Waals surface area contributed by atoms with Crippen LogP contribution in [0.5, 0.6) is 0 Å². The minimum Gasteiger partial charge on any atom is -0.444 e. The van der Waals surface area contributed by atoms with Crippen molar-refractivity contribution in [2.75, 3.05) is 13.1 Å². The summed E-state index contributed by atoms with van der Waals surface area (Å²) in [5.41, 5.74) is 6.03. The molecule has 6 heteroatoms. The normalized spacial score (nSPS) is 17.3. The first-order valence-electron chi connectivity index (χ1n) is 7.11. The van der Waals surface area contributed by atoms with Crippen LogP contribution in [0.15, 0.2) is 12.3 Å². The van der Waals surface area contributed by atoms with E-state index in [1.165, 1.54) is 0 Å². The zero-order valence-corrected chi connectivity index (χ0v) is 12.5. The van der Waals surface area contributed by atoms with Gasteiger partial charge in [-0.3, -0.25) is 4.68 Å². The summed E-state index contributed by atoms with van der Waals surface area (Å²) < 4.78 is 7.35. The molecule has 0 bridgehead atoms. The Labute approximate surface area is 119 Å². The van der Waals surface area contributed by atoms with Crippen LogP contribution in [-0.2, 0) is 11.3 Å². The zero-order chi connectivity index (χ0) is 14.8. The molecular weight excluding hydrogens is 256 g/mol. The molecule has 1 aromatic heterocycles. The van der Waals surface area contributed by atoms with E-state index < -0.39 is 5.60 Å². The fraction of sp³-hybridized carbons (Fsp3) is 0.714. The molecule has 6 nitrogen and oxygen atoms in total. The summed E-state index contributed by atoms with van der Waals surface area (Å²) >= 11 is 0. The largest absolute Gasteiger partial charge is 0.444 e. The summed E-state index contributed by atoms with van der Waals surface area (Å²) in [6.07, 6.45) is 3.53. The zero-order valence-electron chi connectivity index (χ0n) is 12.5. The van der Waals surface area contributed by atoms with Crippen molar-refractivity contribution in [2.45, 2.75) is 51.8 Å². The van der Waals surface area contributed by atoms with Crippen molar-refractivity contribution in [1.82, 2.24) is 14.7 Å². The van der Waals surface area contributed by atoms with E-state index in [2.05, 4.69) is 5.10 Å². The number of rotatable bonds is 2. The maximum absolute atomic E-state index is 12.0. The molecule has 0 spiro atoms. The molecule has 0 aliphatic carbocycles. The predicted molar refractivity (Wildman–Crippen MR) is 76.2 cm³/mol. The number of hydrogen-bond donors (Lipinski definition) is 1. The maximum Gasteiger partial charge on any atom is 0.410 e. The first kappa shape index (κ1) is 14.8. The lowest BCUT2D eigenvalue weighted by atomic mass is 10.1. The van der Waals surface area contributed by atoms with E-state index in [9.17, 15) is 4.79 Å². The Morgan fingerprint density at radius 3 is 2.60 bits per heavy atom. The summed E-state index contributed by atoms with van der Waals surface area (Å²) in [5, 5.41) is 4.44. The Hall–Kier alpha value is -1.56. The van der Waals surface area contributed by atoms with Crippen LogP contribution in [0.25, 0.3) is 0 Å². The quantitative estimate of drug-likeness (QED) is 0.898. The van der Waals surface area contributed by atoms with Gasteiger partial charge >= 0.3 is 6.09 Å². The van der Waals surface area contributed by atoms with Gasteiger partial charge in [0, 0.05) is 25.8 Å². The number of nitrogens with zero attached hydrogens (tertiary/aromatic N) is 3. The lowest BCUT2D eigenvalue weighted by molar-refractivity contribution is 0.0184. The van der Waals surface area contributed by atoms with Crippen LogP contribution in [0.3, 0.4) is 0 Å². The molecule has 112 valence electrons. The number of nitrogens with two attached hydrogens (primary N) is 1. The molecule has 1 aliphatic rings. The molecule has 0 atom stereocenters. The number of likely N-dealkylation sites (tertiary alicyclic amines) is 1. The second kappa shape index (κ2) is 5.83. The van der Waals surface area contributed by atoms with Gasteiger partial charge in [-0.2, -0.15) is 5.10 Å². The lowest BCUT2D eigenvalue weighted by Crippen LogP contribution is -2.42. The highest BCUT2D eigenvalue weighted by Crippen LogP contribution is 2.23. The van der Waals surface area contributed by atoms with Crippen LogP contribution < -0.4 is 5.73 Å². The molecule has 0 radical (unpaired) electrons. The third kappa shape index (κ3) is 3.72. The van der Waals surface area contributed by atoms with E-state index in [0.29, 0.717) is 25.7 Å². The fourth-order valence-corrected chi connectivity index (χ4v) is 2.33. The number of ether oxygens (including phenoxy) is 1. The first-order chi connectivity index (χ1) is 9.39. The summed E-state index contributed by atoms with van der Waals surface area (Å²) in [5.74, 6) is 0. The highest BCUT2D eigenvalue weighted by atomic mass is 16.6. The molecule has 1 aromatic rings. The molecule has 0 aromatic carbocycles. The van der Waals surface area contributed by atoms with Crippen molar-refractivity contribution in [1.29, 1.82) is 0 Å². The van der Waals surface area contributed by atoms with Crippen LogP contribution in [0.4, 0.5) is 4.79 Å². The highest BCUT2D eigenvalue weighted by Gasteiger charge is 2.27. The molecule has 2 N–H and O–H groups in total. The number of amides is 1. The summed E-state index contributed by atoms with van der Waals surface area (Å²) in [4.78, 5) is 13.7. The average molecular weight is 280 g/mol. The van der Waals surface area contributed by atoms with E-state index in [-0.39, 0.29) is 6.09 Å². The number of aromatic nitrogens is 2. The van der Waals surface area contributed by atoms with Gasteiger partial charge in [0.1, 0.15) is 5.60 Å². The Bertz CT molecular complexity index is 456. The van der Waals surface area contributed by atoms with Gasteiger partial charge in [0.15, 0.2) is 0 Å². The summed E-state index contributed by atoms with van der Waals surface area (Å²) in [7, 11) is 0. The first-order valence-corrected chi connectivity index (χ1v) is 7.11. The van der Waals surface area contributed by atoms with Gasteiger partial charge in [-0.1, -0.05) is 0 Å². The molecule has 1 fully saturated rings. The second-order valence-corrected chi connectivity index (χ2v) is 6.19. The van der Waals surface area contributed by atoms with E-state index >= 15 is 0 Å². The van der Waals surface area contributed by atoms with Crippen molar-refractivity contribution in [3.05, 3.63) is 18.0 Å². The SMILES string of the molecule is CC(C)(C)OC(=O)N1CCC(n2ccc(CN)n2)CC1. The third-order valence-electron chi connectivity index (χ3n) is 3.36. The Balaban J connectivity index is 1.87. The molecule has 0 saturated carbocycles. The smallest absolute Gasteiger partial charge is 0.410 e. The third-order valence-corrected chi connectivity index (χ3v) is 3.36. The van der Waals surface area contributed by atoms with Gasteiger partial charge in [-0.15, -0.1) is 0 Å². The topological polar surface area (TPSA) is 73.4 Å². The van der Waals surface area contributed by atoms with E-state index in [1.54, 1.807) is 4.90 Å². The minimum absolute atomic E-state index is 0.223. The van der Waals surface area contributed by atoms with E-state index in [1.807, 2.05) is 37.7 Å². The standard InChI is InChI=1S/C14H24N4O2/c1-14(2,3)20-13(19)17-7-5-12(6-8-17)18-9-4-11(10-15)16-18/h4,9,12H,5-8,10,15H2,1-3H3. The molecule has 2 rings (SSSR count). The Morgan fingerprint density at radius 1 is 1.45 bits per heavy atom. The van der Waals surface area contributed by atoms with Gasteiger partial charge < -0.3 is 15.4 Å². The molecule has 1 saturated heterocycles. The fourth-order valence-electron chi connectivity index (χ4n) is 2.33. The van der Waals surface area contributed by atoms with Gasteiger partial charge in [0.05, 0.1) is 11.7 Å². The van der Waals surface area contributed by atoms with E-state index in [0.717, 1.165) is 18.5 Å². The molecule has 0 unspecified atom stereocenters. The minimum atomic E-state index is -0.439. The van der Waals surface area contributed by atoms with Gasteiger partial charge in [0.2, 0.25) is 0 Å². The van der Waals surface area contributed by atoms with Crippen molar-refractivity contribution in [3.8, 4) is 0 Å². The molecule has 2 heterocycles. The highest BCUT2D eigenvalue weighted by molar-refractivity contribution is 5.68. The van der Waals surface area contributed by atoms with Crippen molar-refractivity contribution in [3.63, 3.8) is 0 Å². The number of carbonyl (C=O) groups excluding carboxylic acids is 1. The molecular formula is C14H24N4O2. The van der Waals surface area contributed by atoms with Crippen LogP contribution in [0, 0.1) is 0 Å².